The summed E-state index contributed by atoms with van der Waals surface area (Å²) in [5, 5.41) is 3.21. The first-order valence-corrected chi connectivity index (χ1v) is 4.68. The Kier molecular flexibility index (Phi) is 2.15. The second-order valence-electron chi connectivity index (χ2n) is 3.43. The van der Waals surface area contributed by atoms with Gasteiger partial charge in [-0.15, -0.1) is 0 Å². The molecule has 0 aliphatic carbocycles. The van der Waals surface area contributed by atoms with Crippen LogP contribution in [0.3, 0.4) is 0 Å². The number of hydrogen-bond donors (Lipinski definition) is 1. The first-order valence-electron chi connectivity index (χ1n) is 4.68. The minimum absolute atomic E-state index is 0.204. The molecular weight excluding hydrogens is 178 g/mol. The van der Waals surface area contributed by atoms with E-state index >= 15 is 0 Å². The molecule has 1 aliphatic heterocycles. The molecule has 0 radical (unpaired) electrons. The molecule has 0 saturated heterocycles. The van der Waals surface area contributed by atoms with Gasteiger partial charge in [-0.2, -0.15) is 0 Å². The summed E-state index contributed by atoms with van der Waals surface area (Å²) in [4.78, 5) is 11.7. The molecule has 14 heavy (non-hydrogen) atoms. The van der Waals surface area contributed by atoms with E-state index < -0.39 is 0 Å². The fourth-order valence-corrected chi connectivity index (χ4v) is 1.82. The Morgan fingerprint density at radius 2 is 2.21 bits per heavy atom. The van der Waals surface area contributed by atoms with Gasteiger partial charge in [0, 0.05) is 18.5 Å². The zero-order valence-electron chi connectivity index (χ0n) is 8.39. The lowest BCUT2D eigenvalue weighted by Crippen LogP contribution is -2.19. The zero-order chi connectivity index (χ0) is 10.1. The van der Waals surface area contributed by atoms with E-state index in [4.69, 9.17) is 4.74 Å². The van der Waals surface area contributed by atoms with Crippen LogP contribution in [0.25, 0.3) is 0 Å². The van der Waals surface area contributed by atoms with Crippen LogP contribution in [0, 0.1) is 6.92 Å². The highest BCUT2D eigenvalue weighted by atomic mass is 16.5. The summed E-state index contributed by atoms with van der Waals surface area (Å²) in [6.45, 7) is 2.65. The van der Waals surface area contributed by atoms with Gasteiger partial charge in [-0.3, -0.25) is 4.79 Å². The summed E-state index contributed by atoms with van der Waals surface area (Å²) in [7, 11) is 1.62. The molecule has 0 saturated carbocycles. The minimum atomic E-state index is 0.204. The fraction of sp³-hybridized carbons (Fsp3) is 0.364. The number of nitrogens with one attached hydrogen (secondary N) is 1. The predicted octanol–water partition coefficient (Wildman–Crippen LogP) is 2.00. The summed E-state index contributed by atoms with van der Waals surface area (Å²) >= 11 is 0. The third-order valence-electron chi connectivity index (χ3n) is 2.53. The van der Waals surface area contributed by atoms with Crippen LogP contribution in [-0.2, 0) is 0 Å². The van der Waals surface area contributed by atoms with Crippen molar-refractivity contribution in [3.8, 4) is 5.75 Å². The van der Waals surface area contributed by atoms with E-state index in [-0.39, 0.29) is 5.78 Å². The summed E-state index contributed by atoms with van der Waals surface area (Å²) in [5.74, 6) is 0.953. The number of methoxy groups -OCH3 is 1. The Morgan fingerprint density at radius 3 is 2.93 bits per heavy atom. The van der Waals surface area contributed by atoms with Crippen molar-refractivity contribution in [3.63, 3.8) is 0 Å². The van der Waals surface area contributed by atoms with Gasteiger partial charge in [0.05, 0.1) is 12.8 Å². The highest BCUT2D eigenvalue weighted by molar-refractivity contribution is 6.05. The number of hydrogen-bond acceptors (Lipinski definition) is 3. The van der Waals surface area contributed by atoms with Gasteiger partial charge in [0.15, 0.2) is 5.78 Å². The number of ketones is 1. The summed E-state index contributed by atoms with van der Waals surface area (Å²) in [5.41, 5.74) is 2.65. The number of anilines is 1. The third kappa shape index (κ3) is 1.25. The molecule has 0 atom stereocenters. The number of carbonyl (C=O) groups excluding carboxylic acids is 1. The molecule has 2 rings (SSSR count). The van der Waals surface area contributed by atoms with Crippen LogP contribution in [0.2, 0.25) is 0 Å². The number of fused-ring (bicyclic) bond motifs is 1. The molecule has 0 amide bonds. The van der Waals surface area contributed by atoms with E-state index in [1.54, 1.807) is 7.11 Å². The second kappa shape index (κ2) is 3.33. The van der Waals surface area contributed by atoms with Crippen LogP contribution in [0.5, 0.6) is 5.75 Å². The maximum absolute atomic E-state index is 11.7. The Labute approximate surface area is 83.1 Å². The topological polar surface area (TPSA) is 38.3 Å². The monoisotopic (exact) mass is 191 g/mol. The summed E-state index contributed by atoms with van der Waals surface area (Å²) in [6.07, 6.45) is 0.570. The minimum Gasteiger partial charge on any atom is -0.495 e. The van der Waals surface area contributed by atoms with E-state index in [0.717, 1.165) is 22.6 Å². The van der Waals surface area contributed by atoms with E-state index in [9.17, 15) is 4.79 Å². The van der Waals surface area contributed by atoms with Crippen LogP contribution in [0.15, 0.2) is 12.1 Å². The molecule has 1 aliphatic rings. The smallest absolute Gasteiger partial charge is 0.167 e. The molecule has 1 aromatic rings. The van der Waals surface area contributed by atoms with Crippen molar-refractivity contribution in [1.82, 2.24) is 0 Å². The van der Waals surface area contributed by atoms with E-state index in [2.05, 4.69) is 5.32 Å². The molecule has 1 heterocycles. The van der Waals surface area contributed by atoms with Crippen molar-refractivity contribution in [2.24, 2.45) is 0 Å². The lowest BCUT2D eigenvalue weighted by atomic mass is 9.97. The quantitative estimate of drug-likeness (QED) is 0.737. The predicted molar refractivity (Wildman–Crippen MR) is 55.2 cm³/mol. The van der Waals surface area contributed by atoms with Gasteiger partial charge < -0.3 is 10.1 Å². The first kappa shape index (κ1) is 9.06. The van der Waals surface area contributed by atoms with Gasteiger partial charge in [-0.25, -0.2) is 0 Å². The van der Waals surface area contributed by atoms with Crippen molar-refractivity contribution in [1.29, 1.82) is 0 Å². The van der Waals surface area contributed by atoms with Crippen LogP contribution in [-0.4, -0.2) is 19.4 Å². The maximum Gasteiger partial charge on any atom is 0.167 e. The largest absolute Gasteiger partial charge is 0.495 e. The maximum atomic E-state index is 11.7. The molecule has 0 aromatic heterocycles. The van der Waals surface area contributed by atoms with Crippen LogP contribution < -0.4 is 10.1 Å². The lowest BCUT2D eigenvalue weighted by Gasteiger charge is -2.21. The summed E-state index contributed by atoms with van der Waals surface area (Å²) < 4.78 is 5.20. The van der Waals surface area contributed by atoms with E-state index in [1.807, 2.05) is 19.1 Å². The molecular formula is C11H13NO2. The van der Waals surface area contributed by atoms with Gasteiger partial charge >= 0.3 is 0 Å². The van der Waals surface area contributed by atoms with Crippen molar-refractivity contribution in [2.45, 2.75) is 13.3 Å². The zero-order valence-corrected chi connectivity index (χ0v) is 8.39. The Hall–Kier alpha value is -1.51. The van der Waals surface area contributed by atoms with Crippen LogP contribution >= 0.6 is 0 Å². The molecule has 0 fully saturated rings. The lowest BCUT2D eigenvalue weighted by molar-refractivity contribution is 0.0982. The number of benzene rings is 1. The fourth-order valence-electron chi connectivity index (χ4n) is 1.82. The van der Waals surface area contributed by atoms with Crippen molar-refractivity contribution < 1.29 is 9.53 Å². The van der Waals surface area contributed by atoms with E-state index in [1.165, 1.54) is 0 Å². The molecule has 0 spiro atoms. The van der Waals surface area contributed by atoms with Gasteiger partial charge in [0.2, 0.25) is 0 Å². The highest BCUT2D eigenvalue weighted by Gasteiger charge is 2.21. The number of carbonyl (C=O) groups is 1. The molecule has 0 bridgehead atoms. The van der Waals surface area contributed by atoms with E-state index in [0.29, 0.717) is 13.0 Å². The number of ether oxygens (including phenoxy) is 1. The van der Waals surface area contributed by atoms with Gasteiger partial charge in [-0.05, 0) is 18.6 Å². The molecule has 1 aromatic carbocycles. The number of aryl methyl sites for hydroxylation is 1. The molecule has 74 valence electrons. The average Bonchev–Trinajstić information content (AvgIpc) is 2.18. The average molecular weight is 191 g/mol. The van der Waals surface area contributed by atoms with Crippen molar-refractivity contribution in [2.75, 3.05) is 19.0 Å². The van der Waals surface area contributed by atoms with Gasteiger partial charge in [-0.1, -0.05) is 6.07 Å². The number of rotatable bonds is 1. The molecule has 0 unspecified atom stereocenters. The number of Topliss-reactive ketones (excluding diaryl/α,β-unsaturated/α-hetero) is 1. The van der Waals surface area contributed by atoms with Gasteiger partial charge in [0.1, 0.15) is 5.75 Å². The Bertz CT molecular complexity index is 385. The first-order chi connectivity index (χ1) is 6.74. The van der Waals surface area contributed by atoms with Crippen molar-refractivity contribution >= 4 is 11.5 Å². The highest BCUT2D eigenvalue weighted by Crippen LogP contribution is 2.33. The SMILES string of the molecule is COc1ccc(C)c2c1NCCC2=O. The Balaban J connectivity index is 2.63. The van der Waals surface area contributed by atoms with Crippen LogP contribution in [0.1, 0.15) is 22.3 Å². The van der Waals surface area contributed by atoms with Crippen molar-refractivity contribution in [3.05, 3.63) is 23.3 Å². The van der Waals surface area contributed by atoms with Crippen LogP contribution in [0.4, 0.5) is 5.69 Å². The molecule has 3 heteroatoms. The molecule has 3 nitrogen and oxygen atoms in total. The standard InChI is InChI=1S/C11H13NO2/c1-7-3-4-9(14-2)11-10(7)8(13)5-6-12-11/h3-4,12H,5-6H2,1-2H3. The summed E-state index contributed by atoms with van der Waals surface area (Å²) in [6, 6.07) is 3.81. The van der Waals surface area contributed by atoms with Gasteiger partial charge in [0.25, 0.3) is 0 Å². The third-order valence-corrected chi connectivity index (χ3v) is 2.53. The Morgan fingerprint density at radius 1 is 1.43 bits per heavy atom. The second-order valence-corrected chi connectivity index (χ2v) is 3.43. The normalized spacial score (nSPS) is 14.6. The molecule has 1 N–H and O–H groups in total.